The van der Waals surface area contributed by atoms with E-state index in [-0.39, 0.29) is 36.8 Å². The van der Waals surface area contributed by atoms with Gasteiger partial charge in [-0.3, -0.25) is 19.4 Å². The van der Waals surface area contributed by atoms with Crippen LogP contribution in [0.1, 0.15) is 30.9 Å². The fourth-order valence-corrected chi connectivity index (χ4v) is 3.32. The first-order valence-electron chi connectivity index (χ1n) is 7.66. The molecular weight excluding hydrogens is 306 g/mol. The van der Waals surface area contributed by atoms with Crippen LogP contribution in [-0.2, 0) is 9.59 Å². The molecule has 2 aliphatic rings. The first-order chi connectivity index (χ1) is 11.0. The van der Waals surface area contributed by atoms with Crippen molar-refractivity contribution in [2.24, 2.45) is 0 Å². The molecule has 2 aliphatic heterocycles. The summed E-state index contributed by atoms with van der Waals surface area (Å²) in [6.07, 6.45) is 0.0994. The molecule has 1 N–H and O–H groups in total. The summed E-state index contributed by atoms with van der Waals surface area (Å²) in [5.74, 6) is -1.47. The van der Waals surface area contributed by atoms with Gasteiger partial charge >= 0.3 is 0 Å². The Morgan fingerprint density at radius 1 is 1.13 bits per heavy atom. The van der Waals surface area contributed by atoms with Crippen LogP contribution in [0.2, 0.25) is 0 Å². The van der Waals surface area contributed by atoms with Gasteiger partial charge in [0.05, 0.1) is 6.10 Å². The zero-order valence-electron chi connectivity index (χ0n) is 12.5. The molecule has 7 heteroatoms. The maximum absolute atomic E-state index is 14.0. The van der Waals surface area contributed by atoms with Gasteiger partial charge in [0, 0.05) is 44.1 Å². The predicted octanol–water partition coefficient (Wildman–Crippen LogP) is 1.22. The highest BCUT2D eigenvalue weighted by Crippen LogP contribution is 2.33. The minimum absolute atomic E-state index is 0.195. The van der Waals surface area contributed by atoms with Gasteiger partial charge in [0.25, 0.3) is 0 Å². The molecule has 2 atom stereocenters. The van der Waals surface area contributed by atoms with Crippen LogP contribution in [-0.4, -0.2) is 52.5 Å². The van der Waals surface area contributed by atoms with Crippen LogP contribution in [0.25, 0.3) is 0 Å². The van der Waals surface area contributed by atoms with Gasteiger partial charge in [-0.2, -0.15) is 0 Å². The van der Waals surface area contributed by atoms with Crippen LogP contribution in [0.3, 0.4) is 0 Å². The lowest BCUT2D eigenvalue weighted by atomic mass is 10.0. The number of hydrogen-bond acceptors (Lipinski definition) is 4. The number of carbonyl (C=O) groups excluding carboxylic acids is 2. The zero-order valence-corrected chi connectivity index (χ0v) is 12.5. The Bertz CT molecular complexity index is 622. The summed E-state index contributed by atoms with van der Waals surface area (Å²) in [6.45, 7) is 0.837. The van der Waals surface area contributed by atoms with Gasteiger partial charge in [0.1, 0.15) is 11.6 Å². The molecule has 0 bridgehead atoms. The van der Waals surface area contributed by atoms with Crippen LogP contribution >= 0.6 is 0 Å². The fourth-order valence-electron chi connectivity index (χ4n) is 3.32. The molecule has 0 aromatic heterocycles. The van der Waals surface area contributed by atoms with E-state index in [1.807, 2.05) is 0 Å². The number of amides is 2. The summed E-state index contributed by atoms with van der Waals surface area (Å²) in [5.41, 5.74) is 0.195. The SMILES string of the molecule is O=C1CCC(=O)N1CCN1CC(O)CC1c1cc(F)ccc1F. The summed E-state index contributed by atoms with van der Waals surface area (Å²) >= 11 is 0. The Balaban J connectivity index is 1.73. The maximum Gasteiger partial charge on any atom is 0.229 e. The Labute approximate surface area is 132 Å². The normalized spacial score (nSPS) is 25.6. The number of nitrogens with zero attached hydrogens (tertiary/aromatic N) is 2. The van der Waals surface area contributed by atoms with E-state index in [1.54, 1.807) is 4.90 Å². The van der Waals surface area contributed by atoms with Crippen LogP contribution < -0.4 is 0 Å². The molecule has 124 valence electrons. The van der Waals surface area contributed by atoms with E-state index < -0.39 is 23.8 Å². The van der Waals surface area contributed by atoms with Gasteiger partial charge < -0.3 is 5.11 Å². The second-order valence-electron chi connectivity index (χ2n) is 6.01. The molecule has 2 amide bonds. The van der Waals surface area contributed by atoms with Crippen molar-refractivity contribution in [1.29, 1.82) is 0 Å². The molecule has 0 aliphatic carbocycles. The number of hydrogen-bond donors (Lipinski definition) is 1. The third kappa shape index (κ3) is 3.25. The Hall–Kier alpha value is -1.86. The average Bonchev–Trinajstić information content (AvgIpc) is 3.03. The van der Waals surface area contributed by atoms with Crippen molar-refractivity contribution in [3.63, 3.8) is 0 Å². The first-order valence-corrected chi connectivity index (χ1v) is 7.66. The second-order valence-corrected chi connectivity index (χ2v) is 6.01. The van der Waals surface area contributed by atoms with Crippen molar-refractivity contribution in [3.05, 3.63) is 35.4 Å². The van der Waals surface area contributed by atoms with E-state index in [0.29, 0.717) is 19.5 Å². The molecule has 0 saturated carbocycles. The van der Waals surface area contributed by atoms with Gasteiger partial charge in [0.15, 0.2) is 0 Å². The molecule has 23 heavy (non-hydrogen) atoms. The topological polar surface area (TPSA) is 60.9 Å². The van der Waals surface area contributed by atoms with E-state index in [1.165, 1.54) is 4.90 Å². The average molecular weight is 324 g/mol. The molecule has 2 fully saturated rings. The van der Waals surface area contributed by atoms with Crippen LogP contribution in [0.15, 0.2) is 18.2 Å². The van der Waals surface area contributed by atoms with Crippen molar-refractivity contribution in [1.82, 2.24) is 9.80 Å². The predicted molar refractivity (Wildman–Crippen MR) is 77.2 cm³/mol. The van der Waals surface area contributed by atoms with Crippen molar-refractivity contribution in [2.45, 2.75) is 31.4 Å². The van der Waals surface area contributed by atoms with Crippen molar-refractivity contribution >= 4 is 11.8 Å². The summed E-state index contributed by atoms with van der Waals surface area (Å²) in [4.78, 5) is 26.3. The summed E-state index contributed by atoms with van der Waals surface area (Å²) < 4.78 is 27.4. The highest BCUT2D eigenvalue weighted by atomic mass is 19.1. The minimum Gasteiger partial charge on any atom is -0.392 e. The molecule has 0 spiro atoms. The minimum atomic E-state index is -0.646. The number of halogens is 2. The number of benzene rings is 1. The number of rotatable bonds is 4. The van der Waals surface area contributed by atoms with Gasteiger partial charge in [0.2, 0.25) is 11.8 Å². The zero-order chi connectivity index (χ0) is 16.6. The van der Waals surface area contributed by atoms with Crippen LogP contribution in [0, 0.1) is 11.6 Å². The molecule has 2 unspecified atom stereocenters. The smallest absolute Gasteiger partial charge is 0.229 e. The van der Waals surface area contributed by atoms with Crippen molar-refractivity contribution in [3.8, 4) is 0 Å². The highest BCUT2D eigenvalue weighted by molar-refractivity contribution is 6.01. The molecule has 1 aromatic rings. The summed E-state index contributed by atoms with van der Waals surface area (Å²) in [7, 11) is 0. The van der Waals surface area contributed by atoms with Crippen LogP contribution in [0.5, 0.6) is 0 Å². The van der Waals surface area contributed by atoms with E-state index >= 15 is 0 Å². The lowest BCUT2D eigenvalue weighted by Gasteiger charge is -2.26. The fraction of sp³-hybridized carbons (Fsp3) is 0.500. The van der Waals surface area contributed by atoms with Gasteiger partial charge in [-0.25, -0.2) is 8.78 Å². The standard InChI is InChI=1S/C16H18F2N2O3/c17-10-1-2-13(18)12(7-10)14-8-11(21)9-19(14)5-6-20-15(22)3-4-16(20)23/h1-2,7,11,14,21H,3-6,8-9H2. The van der Waals surface area contributed by atoms with E-state index in [0.717, 1.165) is 18.2 Å². The summed E-state index contributed by atoms with van der Waals surface area (Å²) in [5, 5.41) is 9.88. The second kappa shape index (κ2) is 6.33. The van der Waals surface area contributed by atoms with Gasteiger partial charge in [-0.15, -0.1) is 0 Å². The molecule has 2 saturated heterocycles. The van der Waals surface area contributed by atoms with Crippen LogP contribution in [0.4, 0.5) is 8.78 Å². The molecule has 0 radical (unpaired) electrons. The summed E-state index contributed by atoms with van der Waals surface area (Å²) in [6, 6.07) is 2.79. The first kappa shape index (κ1) is 16.0. The largest absolute Gasteiger partial charge is 0.392 e. The van der Waals surface area contributed by atoms with E-state index in [4.69, 9.17) is 0 Å². The van der Waals surface area contributed by atoms with Crippen molar-refractivity contribution < 1.29 is 23.5 Å². The number of imide groups is 1. The third-order valence-corrected chi connectivity index (χ3v) is 4.46. The molecular formula is C16H18F2N2O3. The molecule has 1 aromatic carbocycles. The monoisotopic (exact) mass is 324 g/mol. The Kier molecular flexibility index (Phi) is 4.41. The quantitative estimate of drug-likeness (QED) is 0.846. The Morgan fingerprint density at radius 2 is 1.83 bits per heavy atom. The van der Waals surface area contributed by atoms with E-state index in [2.05, 4.69) is 0 Å². The lowest BCUT2D eigenvalue weighted by molar-refractivity contribution is -0.138. The van der Waals surface area contributed by atoms with Gasteiger partial charge in [-0.1, -0.05) is 0 Å². The number of β-amino-alcohol motifs (C(OH)–C–C–N with tert-alkyl or cyclic N) is 1. The van der Waals surface area contributed by atoms with Gasteiger partial charge in [-0.05, 0) is 24.6 Å². The van der Waals surface area contributed by atoms with Crippen molar-refractivity contribution in [2.75, 3.05) is 19.6 Å². The number of likely N-dealkylation sites (tertiary alicyclic amines) is 2. The third-order valence-electron chi connectivity index (χ3n) is 4.46. The number of aliphatic hydroxyl groups excluding tert-OH is 1. The molecule has 5 nitrogen and oxygen atoms in total. The highest BCUT2D eigenvalue weighted by Gasteiger charge is 2.35. The maximum atomic E-state index is 14.0. The van der Waals surface area contributed by atoms with E-state index in [9.17, 15) is 23.5 Å². The molecule has 2 heterocycles. The number of carbonyl (C=O) groups is 2. The molecule has 3 rings (SSSR count). The lowest BCUT2D eigenvalue weighted by Crippen LogP contribution is -2.38. The number of aliphatic hydroxyl groups is 1. The Morgan fingerprint density at radius 3 is 2.52 bits per heavy atom.